The molecule has 0 atom stereocenters. The van der Waals surface area contributed by atoms with Gasteiger partial charge in [0.25, 0.3) is 0 Å². The Morgan fingerprint density at radius 1 is 1.21 bits per heavy atom. The molecule has 2 rings (SSSR count). The number of nitrogens with one attached hydrogen (secondary N) is 1. The van der Waals surface area contributed by atoms with Gasteiger partial charge < -0.3 is 11.1 Å². The summed E-state index contributed by atoms with van der Waals surface area (Å²) in [7, 11) is 0. The van der Waals surface area contributed by atoms with Gasteiger partial charge in [-0.25, -0.2) is 4.39 Å². The predicted octanol–water partition coefficient (Wildman–Crippen LogP) is 3.73. The molecule has 5 heteroatoms. The van der Waals surface area contributed by atoms with E-state index in [1.807, 2.05) is 0 Å². The fourth-order valence-electron chi connectivity index (χ4n) is 1.68. The molecule has 2 nitrogen and oxygen atoms in total. The molecule has 0 heterocycles. The quantitative estimate of drug-likeness (QED) is 0.844. The summed E-state index contributed by atoms with van der Waals surface area (Å²) < 4.78 is 12.8. The third-order valence-corrected chi connectivity index (χ3v) is 3.10. The summed E-state index contributed by atoms with van der Waals surface area (Å²) in [4.78, 5) is 0.304. The standard InChI is InChI=1S/C14H12ClFN2S/c15-10-3-6-12(14(17)19)13(7-10)18-8-9-1-4-11(16)5-2-9/h1-7,18H,8H2,(H2,17,19). The summed E-state index contributed by atoms with van der Waals surface area (Å²) in [6.07, 6.45) is 0. The van der Waals surface area contributed by atoms with Gasteiger partial charge in [0.15, 0.2) is 0 Å². The fourth-order valence-corrected chi connectivity index (χ4v) is 2.03. The Balaban J connectivity index is 2.16. The number of thiocarbonyl (C=S) groups is 1. The van der Waals surface area contributed by atoms with Crippen LogP contribution < -0.4 is 11.1 Å². The number of hydrogen-bond acceptors (Lipinski definition) is 2. The maximum absolute atomic E-state index is 12.8. The lowest BCUT2D eigenvalue weighted by atomic mass is 10.1. The van der Waals surface area contributed by atoms with Crippen molar-refractivity contribution in [2.75, 3.05) is 5.32 Å². The molecule has 3 N–H and O–H groups in total. The maximum Gasteiger partial charge on any atom is 0.123 e. The first kappa shape index (κ1) is 13.8. The minimum Gasteiger partial charge on any atom is -0.389 e. The van der Waals surface area contributed by atoms with Crippen LogP contribution in [0.2, 0.25) is 5.02 Å². The van der Waals surface area contributed by atoms with E-state index in [-0.39, 0.29) is 5.82 Å². The average molecular weight is 295 g/mol. The third kappa shape index (κ3) is 3.66. The predicted molar refractivity (Wildman–Crippen MR) is 81.1 cm³/mol. The van der Waals surface area contributed by atoms with Crippen LogP contribution >= 0.6 is 23.8 Å². The lowest BCUT2D eigenvalue weighted by Gasteiger charge is -2.11. The molecule has 0 aliphatic carbocycles. The second-order valence-corrected chi connectivity index (χ2v) is 4.91. The summed E-state index contributed by atoms with van der Waals surface area (Å²) in [5, 5.41) is 3.80. The van der Waals surface area contributed by atoms with Crippen LogP contribution in [0.4, 0.5) is 10.1 Å². The van der Waals surface area contributed by atoms with Crippen LogP contribution in [0.15, 0.2) is 42.5 Å². The normalized spacial score (nSPS) is 10.2. The van der Waals surface area contributed by atoms with Crippen LogP contribution in [0.3, 0.4) is 0 Å². The SMILES string of the molecule is NC(=S)c1ccc(Cl)cc1NCc1ccc(F)cc1. The van der Waals surface area contributed by atoms with Crippen LogP contribution in [-0.4, -0.2) is 4.99 Å². The topological polar surface area (TPSA) is 38.0 Å². The zero-order valence-electron chi connectivity index (χ0n) is 9.99. The van der Waals surface area contributed by atoms with Gasteiger partial charge in [0.2, 0.25) is 0 Å². The molecule has 0 spiro atoms. The van der Waals surface area contributed by atoms with Gasteiger partial charge in [-0.3, -0.25) is 0 Å². The van der Waals surface area contributed by atoms with Crippen LogP contribution in [0.1, 0.15) is 11.1 Å². The number of nitrogens with two attached hydrogens (primary N) is 1. The summed E-state index contributed by atoms with van der Waals surface area (Å²) >= 11 is 10.9. The van der Waals surface area contributed by atoms with Crippen molar-refractivity contribution in [2.24, 2.45) is 5.73 Å². The average Bonchev–Trinajstić information content (AvgIpc) is 2.38. The monoisotopic (exact) mass is 294 g/mol. The van der Waals surface area contributed by atoms with Gasteiger partial charge in [0, 0.05) is 22.8 Å². The Labute approximate surface area is 121 Å². The van der Waals surface area contributed by atoms with Crippen LogP contribution in [0, 0.1) is 5.82 Å². The van der Waals surface area contributed by atoms with Crippen molar-refractivity contribution in [3.05, 3.63) is 64.4 Å². The minimum atomic E-state index is -0.254. The van der Waals surface area contributed by atoms with Crippen LogP contribution in [0.5, 0.6) is 0 Å². The number of hydrogen-bond donors (Lipinski definition) is 2. The molecule has 2 aromatic carbocycles. The van der Waals surface area contributed by atoms with E-state index in [2.05, 4.69) is 5.32 Å². The number of anilines is 1. The molecule has 0 saturated carbocycles. The van der Waals surface area contributed by atoms with Crippen molar-refractivity contribution in [2.45, 2.75) is 6.54 Å². The summed E-state index contributed by atoms with van der Waals surface area (Å²) in [5.41, 5.74) is 8.11. The van der Waals surface area contributed by atoms with E-state index in [1.54, 1.807) is 30.3 Å². The van der Waals surface area contributed by atoms with Gasteiger partial charge in [-0.2, -0.15) is 0 Å². The number of rotatable bonds is 4. The van der Waals surface area contributed by atoms with E-state index in [9.17, 15) is 4.39 Å². The maximum atomic E-state index is 12.8. The smallest absolute Gasteiger partial charge is 0.123 e. The Morgan fingerprint density at radius 3 is 2.53 bits per heavy atom. The Bertz CT molecular complexity index is 599. The molecule has 0 unspecified atom stereocenters. The van der Waals surface area contributed by atoms with Gasteiger partial charge in [-0.15, -0.1) is 0 Å². The highest BCUT2D eigenvalue weighted by Gasteiger charge is 2.06. The largest absolute Gasteiger partial charge is 0.389 e. The number of benzene rings is 2. The van der Waals surface area contributed by atoms with Gasteiger partial charge >= 0.3 is 0 Å². The van der Waals surface area contributed by atoms with Crippen molar-refractivity contribution in [1.29, 1.82) is 0 Å². The lowest BCUT2D eigenvalue weighted by Crippen LogP contribution is -2.13. The number of halogens is 2. The van der Waals surface area contributed by atoms with Crippen LogP contribution in [0.25, 0.3) is 0 Å². The van der Waals surface area contributed by atoms with Crippen molar-refractivity contribution in [1.82, 2.24) is 0 Å². The third-order valence-electron chi connectivity index (χ3n) is 2.64. The van der Waals surface area contributed by atoms with E-state index in [0.29, 0.717) is 16.6 Å². The molecular weight excluding hydrogens is 283 g/mol. The highest BCUT2D eigenvalue weighted by atomic mass is 35.5. The molecule has 0 amide bonds. The van der Waals surface area contributed by atoms with Gasteiger partial charge in [0.1, 0.15) is 10.8 Å². The Morgan fingerprint density at radius 2 is 1.89 bits per heavy atom. The zero-order valence-corrected chi connectivity index (χ0v) is 11.6. The second-order valence-electron chi connectivity index (χ2n) is 4.03. The van der Waals surface area contributed by atoms with Crippen molar-refractivity contribution in [3.8, 4) is 0 Å². The van der Waals surface area contributed by atoms with Crippen molar-refractivity contribution >= 4 is 34.5 Å². The molecular formula is C14H12ClFN2S. The molecule has 0 aromatic heterocycles. The van der Waals surface area contributed by atoms with Crippen molar-refractivity contribution in [3.63, 3.8) is 0 Å². The van der Waals surface area contributed by atoms with E-state index in [4.69, 9.17) is 29.6 Å². The van der Waals surface area contributed by atoms with E-state index in [0.717, 1.165) is 16.8 Å². The molecule has 0 aliphatic heterocycles. The molecule has 2 aromatic rings. The zero-order chi connectivity index (χ0) is 13.8. The molecule has 19 heavy (non-hydrogen) atoms. The second kappa shape index (κ2) is 5.99. The first-order chi connectivity index (χ1) is 9.06. The van der Waals surface area contributed by atoms with Gasteiger partial charge in [0.05, 0.1) is 0 Å². The van der Waals surface area contributed by atoms with Crippen molar-refractivity contribution < 1.29 is 4.39 Å². The highest BCUT2D eigenvalue weighted by molar-refractivity contribution is 7.80. The molecule has 0 radical (unpaired) electrons. The molecule has 0 aliphatic rings. The summed E-state index contributed by atoms with van der Waals surface area (Å²) in [5.74, 6) is -0.254. The molecule has 98 valence electrons. The first-order valence-electron chi connectivity index (χ1n) is 5.64. The van der Waals surface area contributed by atoms with E-state index < -0.39 is 0 Å². The summed E-state index contributed by atoms with van der Waals surface area (Å²) in [6, 6.07) is 11.5. The van der Waals surface area contributed by atoms with Gasteiger partial charge in [-0.05, 0) is 35.9 Å². The molecule has 0 bridgehead atoms. The Kier molecular flexibility index (Phi) is 4.35. The fraction of sp³-hybridized carbons (Fsp3) is 0.0714. The Hall–Kier alpha value is -1.65. The lowest BCUT2D eigenvalue weighted by molar-refractivity contribution is 0.627. The van der Waals surface area contributed by atoms with E-state index >= 15 is 0 Å². The molecule has 0 fully saturated rings. The molecule has 0 saturated heterocycles. The van der Waals surface area contributed by atoms with E-state index in [1.165, 1.54) is 12.1 Å². The van der Waals surface area contributed by atoms with Crippen LogP contribution in [-0.2, 0) is 6.54 Å². The minimum absolute atomic E-state index is 0.254. The first-order valence-corrected chi connectivity index (χ1v) is 6.42. The van der Waals surface area contributed by atoms with Gasteiger partial charge in [-0.1, -0.05) is 36.0 Å². The summed E-state index contributed by atoms with van der Waals surface area (Å²) in [6.45, 7) is 0.538. The highest BCUT2D eigenvalue weighted by Crippen LogP contribution is 2.21.